The van der Waals surface area contributed by atoms with E-state index >= 15 is 0 Å². The Morgan fingerprint density at radius 1 is 1.26 bits per heavy atom. The van der Waals surface area contributed by atoms with Crippen molar-refractivity contribution >= 4 is 17.5 Å². The molecule has 0 N–H and O–H groups in total. The molecule has 0 atom stereocenters. The van der Waals surface area contributed by atoms with E-state index in [4.69, 9.17) is 16.3 Å². The topological polar surface area (TPSA) is 51.7 Å². The van der Waals surface area contributed by atoms with Gasteiger partial charge in [0.15, 0.2) is 0 Å². The monoisotopic (exact) mass is 402 g/mol. The van der Waals surface area contributed by atoms with Crippen LogP contribution in [0.25, 0.3) is 0 Å². The minimum Gasteiger partial charge on any atom is -0.474 e. The maximum atomic E-state index is 12.5. The summed E-state index contributed by atoms with van der Waals surface area (Å²) < 4.78 is 45.8. The van der Waals surface area contributed by atoms with Gasteiger partial charge >= 0.3 is 6.36 Å². The first-order chi connectivity index (χ1) is 12.5. The molecular formula is C18H18ClF3N2O3. The molecule has 0 saturated carbocycles. The van der Waals surface area contributed by atoms with Crippen molar-refractivity contribution in [3.8, 4) is 11.6 Å². The predicted molar refractivity (Wildman–Crippen MR) is 93.9 cm³/mol. The van der Waals surface area contributed by atoms with Gasteiger partial charge in [0.25, 0.3) is 5.91 Å². The first-order valence-electron chi connectivity index (χ1n) is 7.97. The van der Waals surface area contributed by atoms with Crippen molar-refractivity contribution in [1.82, 2.24) is 9.88 Å². The Labute approximate surface area is 159 Å². The molecule has 0 fully saturated rings. The highest BCUT2D eigenvalue weighted by atomic mass is 35.5. The van der Waals surface area contributed by atoms with Gasteiger partial charge in [-0.1, -0.05) is 23.7 Å². The van der Waals surface area contributed by atoms with Crippen LogP contribution in [0, 0.1) is 0 Å². The molecule has 0 aliphatic rings. The van der Waals surface area contributed by atoms with Crippen molar-refractivity contribution in [3.05, 3.63) is 52.7 Å². The van der Waals surface area contributed by atoms with Gasteiger partial charge in [-0.3, -0.25) is 4.79 Å². The summed E-state index contributed by atoms with van der Waals surface area (Å²) in [4.78, 5) is 18.0. The number of pyridine rings is 1. The molecule has 2 aromatic rings. The van der Waals surface area contributed by atoms with Gasteiger partial charge in [0.1, 0.15) is 10.8 Å². The summed E-state index contributed by atoms with van der Waals surface area (Å²) in [6.07, 6.45) is -3.49. The number of halogens is 4. The van der Waals surface area contributed by atoms with Crippen LogP contribution >= 0.6 is 11.6 Å². The molecule has 0 radical (unpaired) electrons. The normalized spacial score (nSPS) is 11.4. The highest BCUT2D eigenvalue weighted by molar-refractivity contribution is 6.32. The molecule has 27 heavy (non-hydrogen) atoms. The van der Waals surface area contributed by atoms with Crippen molar-refractivity contribution in [2.24, 2.45) is 0 Å². The van der Waals surface area contributed by atoms with Gasteiger partial charge < -0.3 is 14.4 Å². The van der Waals surface area contributed by atoms with E-state index in [1.165, 1.54) is 41.4 Å². The fraction of sp³-hybridized carbons (Fsp3) is 0.333. The second-order valence-electron chi connectivity index (χ2n) is 6.03. The van der Waals surface area contributed by atoms with E-state index < -0.39 is 6.36 Å². The number of hydrogen-bond acceptors (Lipinski definition) is 4. The molecule has 1 amide bonds. The van der Waals surface area contributed by atoms with E-state index in [2.05, 4.69) is 9.72 Å². The maximum absolute atomic E-state index is 12.5. The lowest BCUT2D eigenvalue weighted by Gasteiger charge is -2.18. The lowest BCUT2D eigenvalue weighted by molar-refractivity contribution is -0.274. The summed E-state index contributed by atoms with van der Waals surface area (Å²) in [5.41, 5.74) is 0.912. The third kappa shape index (κ3) is 6.32. The number of ether oxygens (including phenoxy) is 2. The molecule has 5 nitrogen and oxygen atoms in total. The van der Waals surface area contributed by atoms with E-state index in [0.29, 0.717) is 5.56 Å². The number of rotatable bonds is 6. The van der Waals surface area contributed by atoms with Crippen molar-refractivity contribution < 1.29 is 27.4 Å². The molecule has 0 saturated heterocycles. The van der Waals surface area contributed by atoms with Crippen LogP contribution < -0.4 is 9.47 Å². The maximum Gasteiger partial charge on any atom is 0.573 e. The summed E-state index contributed by atoms with van der Waals surface area (Å²) in [6, 6.07) is 6.76. The third-order valence-electron chi connectivity index (χ3n) is 3.33. The zero-order valence-electron chi connectivity index (χ0n) is 14.9. The summed E-state index contributed by atoms with van der Waals surface area (Å²) in [7, 11) is 1.56. The molecule has 146 valence electrons. The zero-order valence-corrected chi connectivity index (χ0v) is 15.6. The summed E-state index contributed by atoms with van der Waals surface area (Å²) in [5.74, 6) is -0.417. The van der Waals surface area contributed by atoms with Gasteiger partial charge in [-0.25, -0.2) is 4.98 Å². The molecule has 0 bridgehead atoms. The van der Waals surface area contributed by atoms with Gasteiger partial charge in [-0.2, -0.15) is 0 Å². The quantitative estimate of drug-likeness (QED) is 0.703. The van der Waals surface area contributed by atoms with E-state index in [-0.39, 0.29) is 40.8 Å². The number of hydrogen-bond donors (Lipinski definition) is 0. The Morgan fingerprint density at radius 3 is 2.41 bits per heavy atom. The van der Waals surface area contributed by atoms with Gasteiger partial charge in [0.05, 0.1) is 11.7 Å². The smallest absolute Gasteiger partial charge is 0.474 e. The van der Waals surface area contributed by atoms with Crippen LogP contribution in [-0.4, -0.2) is 35.3 Å². The molecule has 1 aromatic carbocycles. The molecule has 2 rings (SSSR count). The van der Waals surface area contributed by atoms with Gasteiger partial charge in [0, 0.05) is 19.8 Å². The van der Waals surface area contributed by atoms with Gasteiger partial charge in [0.2, 0.25) is 5.88 Å². The van der Waals surface area contributed by atoms with Crippen LogP contribution in [0.3, 0.4) is 0 Å². The van der Waals surface area contributed by atoms with Crippen LogP contribution in [0.5, 0.6) is 11.6 Å². The number of alkyl halides is 3. The van der Waals surface area contributed by atoms with Crippen molar-refractivity contribution in [3.63, 3.8) is 0 Å². The Morgan fingerprint density at radius 2 is 1.89 bits per heavy atom. The summed E-state index contributed by atoms with van der Waals surface area (Å²) in [5, 5.41) is 0.219. The molecule has 0 aliphatic heterocycles. The molecule has 0 unspecified atom stereocenters. The number of benzene rings is 1. The number of nitrogens with zero attached hydrogens (tertiary/aromatic N) is 2. The van der Waals surface area contributed by atoms with E-state index in [0.717, 1.165) is 0 Å². The predicted octanol–water partition coefficient (Wildman–Crippen LogP) is 4.69. The van der Waals surface area contributed by atoms with Gasteiger partial charge in [-0.15, -0.1) is 13.2 Å². The molecule has 0 aliphatic carbocycles. The number of aromatic nitrogens is 1. The number of carbonyl (C=O) groups excluding carboxylic acids is 1. The Hall–Kier alpha value is -2.48. The highest BCUT2D eigenvalue weighted by Gasteiger charge is 2.31. The van der Waals surface area contributed by atoms with Crippen LogP contribution in [0.2, 0.25) is 5.02 Å². The number of amides is 1. The minimum atomic E-state index is -4.74. The summed E-state index contributed by atoms with van der Waals surface area (Å²) in [6.45, 7) is 3.85. The SMILES string of the molecule is CC(C)Oc1ncc(C(=O)N(C)Cc2ccc(OC(F)(F)F)cc2)cc1Cl. The zero-order chi connectivity index (χ0) is 20.2. The molecule has 1 heterocycles. The average molecular weight is 403 g/mol. The lowest BCUT2D eigenvalue weighted by Crippen LogP contribution is -2.26. The Bertz CT molecular complexity index is 795. The Kier molecular flexibility index (Phi) is 6.54. The van der Waals surface area contributed by atoms with E-state index in [1.54, 1.807) is 7.05 Å². The van der Waals surface area contributed by atoms with Crippen LogP contribution in [0.15, 0.2) is 36.5 Å². The molecule has 1 aromatic heterocycles. The Balaban J connectivity index is 2.04. The van der Waals surface area contributed by atoms with E-state index in [9.17, 15) is 18.0 Å². The average Bonchev–Trinajstić information content (AvgIpc) is 2.56. The van der Waals surface area contributed by atoms with Crippen LogP contribution in [0.1, 0.15) is 29.8 Å². The van der Waals surface area contributed by atoms with Crippen molar-refractivity contribution in [1.29, 1.82) is 0 Å². The summed E-state index contributed by atoms with van der Waals surface area (Å²) >= 11 is 6.09. The first-order valence-corrected chi connectivity index (χ1v) is 8.35. The second-order valence-corrected chi connectivity index (χ2v) is 6.44. The fourth-order valence-electron chi connectivity index (χ4n) is 2.21. The highest BCUT2D eigenvalue weighted by Crippen LogP contribution is 2.25. The standard InChI is InChI=1S/C18H18ClF3N2O3/c1-11(2)26-16-15(19)8-13(9-23-16)17(25)24(3)10-12-4-6-14(7-5-12)27-18(20,21)22/h4-9,11H,10H2,1-3H3. The van der Waals surface area contributed by atoms with Gasteiger partial charge in [-0.05, 0) is 37.6 Å². The fourth-order valence-corrected chi connectivity index (χ4v) is 2.43. The van der Waals surface area contributed by atoms with Crippen LogP contribution in [-0.2, 0) is 6.54 Å². The minimum absolute atomic E-state index is 0.108. The third-order valence-corrected chi connectivity index (χ3v) is 3.60. The first kappa shape index (κ1) is 20.8. The lowest BCUT2D eigenvalue weighted by atomic mass is 10.2. The number of carbonyl (C=O) groups is 1. The molecular weight excluding hydrogens is 385 g/mol. The van der Waals surface area contributed by atoms with Crippen LogP contribution in [0.4, 0.5) is 13.2 Å². The van der Waals surface area contributed by atoms with Crippen molar-refractivity contribution in [2.45, 2.75) is 32.9 Å². The van der Waals surface area contributed by atoms with Crippen molar-refractivity contribution in [2.75, 3.05) is 7.05 Å². The largest absolute Gasteiger partial charge is 0.573 e. The molecule has 9 heteroatoms. The molecule has 0 spiro atoms. The van der Waals surface area contributed by atoms with E-state index in [1.807, 2.05) is 13.8 Å². The second kappa shape index (κ2) is 8.47.